The van der Waals surface area contributed by atoms with Crippen molar-refractivity contribution in [3.8, 4) is 17.2 Å². The first-order valence-electron chi connectivity index (χ1n) is 6.87. The number of para-hydroxylation sites is 1. The van der Waals surface area contributed by atoms with Crippen LogP contribution in [0.15, 0.2) is 36.4 Å². The van der Waals surface area contributed by atoms with Crippen LogP contribution in [0.4, 0.5) is 0 Å². The highest BCUT2D eigenvalue weighted by atomic mass is 35.5. The molecule has 0 atom stereocenters. The molecule has 1 heterocycles. The summed E-state index contributed by atoms with van der Waals surface area (Å²) in [6.07, 6.45) is 0.849. The number of fused-ring (bicyclic) bond motifs is 1. The van der Waals surface area contributed by atoms with Gasteiger partial charge >= 0.3 is 0 Å². The summed E-state index contributed by atoms with van der Waals surface area (Å²) in [6, 6.07) is 11.2. The maximum absolute atomic E-state index is 9.46. The van der Waals surface area contributed by atoms with E-state index in [2.05, 4.69) is 13.8 Å². The number of ether oxygens (including phenoxy) is 2. The third-order valence-corrected chi connectivity index (χ3v) is 3.86. The van der Waals surface area contributed by atoms with E-state index in [1.54, 1.807) is 18.2 Å². The number of hydrogen-bond donors (Lipinski definition) is 1. The molecule has 0 saturated carbocycles. The standard InChI is InChI=1S/C17H17ClO3/c1-17(2)9-11-5-3-8-15(16(11)21-17)20-14-7-4-6-13(18)12(14)10-19/h3-8,19H,9-10H2,1-2H3. The zero-order valence-corrected chi connectivity index (χ0v) is 12.8. The molecule has 1 aliphatic rings. The van der Waals surface area contributed by atoms with Gasteiger partial charge in [0.2, 0.25) is 0 Å². The summed E-state index contributed by atoms with van der Waals surface area (Å²) in [5, 5.41) is 9.95. The molecule has 0 amide bonds. The quantitative estimate of drug-likeness (QED) is 0.917. The summed E-state index contributed by atoms with van der Waals surface area (Å²) in [6.45, 7) is 3.93. The predicted octanol–water partition coefficient (Wildman–Crippen LogP) is 4.34. The van der Waals surface area contributed by atoms with E-state index < -0.39 is 0 Å². The topological polar surface area (TPSA) is 38.7 Å². The van der Waals surface area contributed by atoms with Crippen LogP contribution in [0, 0.1) is 0 Å². The Hall–Kier alpha value is -1.71. The van der Waals surface area contributed by atoms with Crippen LogP contribution < -0.4 is 9.47 Å². The van der Waals surface area contributed by atoms with Gasteiger partial charge < -0.3 is 14.6 Å². The zero-order chi connectivity index (χ0) is 15.0. The maximum Gasteiger partial charge on any atom is 0.169 e. The van der Waals surface area contributed by atoms with Crippen LogP contribution >= 0.6 is 11.6 Å². The fraction of sp³-hybridized carbons (Fsp3) is 0.294. The second-order valence-electron chi connectivity index (χ2n) is 5.76. The monoisotopic (exact) mass is 304 g/mol. The second-order valence-corrected chi connectivity index (χ2v) is 6.17. The molecular formula is C17H17ClO3. The Labute approximate surface area is 129 Å². The highest BCUT2D eigenvalue weighted by molar-refractivity contribution is 6.31. The van der Waals surface area contributed by atoms with E-state index in [0.717, 1.165) is 17.7 Å². The first-order chi connectivity index (χ1) is 10.00. The average molecular weight is 305 g/mol. The van der Waals surface area contributed by atoms with Gasteiger partial charge in [0, 0.05) is 22.6 Å². The minimum atomic E-state index is -0.226. The van der Waals surface area contributed by atoms with Crippen molar-refractivity contribution in [2.24, 2.45) is 0 Å². The molecule has 0 bridgehead atoms. The minimum absolute atomic E-state index is 0.170. The molecule has 0 saturated heterocycles. The van der Waals surface area contributed by atoms with Crippen molar-refractivity contribution < 1.29 is 14.6 Å². The Morgan fingerprint density at radius 3 is 2.67 bits per heavy atom. The van der Waals surface area contributed by atoms with Gasteiger partial charge in [0.25, 0.3) is 0 Å². The largest absolute Gasteiger partial charge is 0.483 e. The summed E-state index contributed by atoms with van der Waals surface area (Å²) >= 11 is 6.09. The Balaban J connectivity index is 1.98. The highest BCUT2D eigenvalue weighted by Gasteiger charge is 2.32. The van der Waals surface area contributed by atoms with Crippen LogP contribution in [0.1, 0.15) is 25.0 Å². The smallest absolute Gasteiger partial charge is 0.169 e. The van der Waals surface area contributed by atoms with Gasteiger partial charge in [-0.3, -0.25) is 0 Å². The molecular weight excluding hydrogens is 288 g/mol. The van der Waals surface area contributed by atoms with Gasteiger partial charge in [-0.05, 0) is 32.0 Å². The predicted molar refractivity (Wildman–Crippen MR) is 82.3 cm³/mol. The number of hydrogen-bond acceptors (Lipinski definition) is 3. The first kappa shape index (κ1) is 14.2. The van der Waals surface area contributed by atoms with Gasteiger partial charge in [0.1, 0.15) is 11.4 Å². The molecule has 0 unspecified atom stereocenters. The fourth-order valence-electron chi connectivity index (χ4n) is 2.57. The normalized spacial score (nSPS) is 15.4. The number of rotatable bonds is 3. The third-order valence-electron chi connectivity index (χ3n) is 3.51. The van der Waals surface area contributed by atoms with Gasteiger partial charge in [0.15, 0.2) is 11.5 Å². The van der Waals surface area contributed by atoms with Gasteiger partial charge in [-0.1, -0.05) is 29.8 Å². The van der Waals surface area contributed by atoms with E-state index in [0.29, 0.717) is 22.1 Å². The van der Waals surface area contributed by atoms with Gasteiger partial charge in [-0.25, -0.2) is 0 Å². The van der Waals surface area contributed by atoms with Crippen molar-refractivity contribution in [2.75, 3.05) is 0 Å². The molecule has 110 valence electrons. The van der Waals surface area contributed by atoms with Crippen molar-refractivity contribution >= 4 is 11.6 Å². The van der Waals surface area contributed by atoms with Crippen molar-refractivity contribution in [2.45, 2.75) is 32.5 Å². The maximum atomic E-state index is 9.46. The van der Waals surface area contributed by atoms with Crippen LogP contribution in [0.25, 0.3) is 0 Å². The Morgan fingerprint density at radius 2 is 1.90 bits per heavy atom. The van der Waals surface area contributed by atoms with Crippen LogP contribution in [0.3, 0.4) is 0 Å². The lowest BCUT2D eigenvalue weighted by molar-refractivity contribution is 0.135. The van der Waals surface area contributed by atoms with Crippen molar-refractivity contribution in [1.29, 1.82) is 0 Å². The summed E-state index contributed by atoms with van der Waals surface area (Å²) in [7, 11) is 0. The number of aliphatic hydroxyl groups is 1. The minimum Gasteiger partial charge on any atom is -0.483 e. The molecule has 2 aromatic carbocycles. The molecule has 0 aromatic heterocycles. The number of benzene rings is 2. The molecule has 3 nitrogen and oxygen atoms in total. The lowest BCUT2D eigenvalue weighted by atomic mass is 10.0. The fourth-order valence-corrected chi connectivity index (χ4v) is 2.80. The Bertz CT molecular complexity index is 680. The van der Waals surface area contributed by atoms with Crippen LogP contribution in [0.5, 0.6) is 17.2 Å². The summed E-state index contributed by atoms with van der Waals surface area (Å²) in [5.74, 6) is 1.97. The molecule has 0 fully saturated rings. The van der Waals surface area contributed by atoms with E-state index in [4.69, 9.17) is 21.1 Å². The lowest BCUT2D eigenvalue weighted by Gasteiger charge is -2.18. The summed E-state index contributed by atoms with van der Waals surface area (Å²) < 4.78 is 11.9. The molecule has 3 rings (SSSR count). The van der Waals surface area contributed by atoms with Gasteiger partial charge in [-0.2, -0.15) is 0 Å². The van der Waals surface area contributed by atoms with E-state index >= 15 is 0 Å². The van der Waals surface area contributed by atoms with Crippen LogP contribution in [-0.4, -0.2) is 10.7 Å². The third kappa shape index (κ3) is 2.71. The molecule has 1 N–H and O–H groups in total. The van der Waals surface area contributed by atoms with Gasteiger partial charge in [0.05, 0.1) is 6.61 Å². The van der Waals surface area contributed by atoms with E-state index in [1.807, 2.05) is 18.2 Å². The second kappa shape index (κ2) is 5.24. The molecule has 4 heteroatoms. The van der Waals surface area contributed by atoms with Crippen molar-refractivity contribution in [3.63, 3.8) is 0 Å². The van der Waals surface area contributed by atoms with E-state index in [9.17, 15) is 5.11 Å². The average Bonchev–Trinajstić information content (AvgIpc) is 2.74. The molecule has 0 aliphatic carbocycles. The van der Waals surface area contributed by atoms with E-state index in [1.165, 1.54) is 0 Å². The first-order valence-corrected chi connectivity index (χ1v) is 7.25. The molecule has 2 aromatic rings. The lowest BCUT2D eigenvalue weighted by Crippen LogP contribution is -2.24. The number of aliphatic hydroxyl groups excluding tert-OH is 1. The molecule has 0 spiro atoms. The molecule has 21 heavy (non-hydrogen) atoms. The summed E-state index contributed by atoms with van der Waals surface area (Å²) in [4.78, 5) is 0. The van der Waals surface area contributed by atoms with E-state index in [-0.39, 0.29) is 12.2 Å². The highest BCUT2D eigenvalue weighted by Crippen LogP contribution is 2.44. The van der Waals surface area contributed by atoms with Crippen LogP contribution in [0.2, 0.25) is 5.02 Å². The Kier molecular flexibility index (Phi) is 3.56. The van der Waals surface area contributed by atoms with Crippen molar-refractivity contribution in [1.82, 2.24) is 0 Å². The number of halogens is 1. The zero-order valence-electron chi connectivity index (χ0n) is 12.0. The molecule has 1 aliphatic heterocycles. The Morgan fingerprint density at radius 1 is 1.19 bits per heavy atom. The van der Waals surface area contributed by atoms with Gasteiger partial charge in [-0.15, -0.1) is 0 Å². The molecule has 0 radical (unpaired) electrons. The SMILES string of the molecule is CC1(C)Cc2cccc(Oc3cccc(Cl)c3CO)c2O1. The summed E-state index contributed by atoms with van der Waals surface area (Å²) in [5.41, 5.74) is 1.48. The van der Waals surface area contributed by atoms with Crippen LogP contribution in [-0.2, 0) is 13.0 Å². The van der Waals surface area contributed by atoms with Crippen molar-refractivity contribution in [3.05, 3.63) is 52.5 Å².